The fourth-order valence-electron chi connectivity index (χ4n) is 4.66. The first-order valence-electron chi connectivity index (χ1n) is 12.4. The van der Waals surface area contributed by atoms with Gasteiger partial charge in [-0.3, -0.25) is 4.79 Å². The molecule has 1 amide bonds. The number of phenolic OH excluding ortho intramolecular Hbond substituents is 2. The lowest BCUT2D eigenvalue weighted by Gasteiger charge is -2.25. The summed E-state index contributed by atoms with van der Waals surface area (Å²) in [5, 5.41) is 24.3. The van der Waals surface area contributed by atoms with E-state index in [0.29, 0.717) is 17.9 Å². The van der Waals surface area contributed by atoms with Crippen LogP contribution < -0.4 is 10.1 Å². The molecular weight excluding hydrogens is 452 g/mol. The summed E-state index contributed by atoms with van der Waals surface area (Å²) >= 11 is 0. The Morgan fingerprint density at radius 2 is 1.56 bits per heavy atom. The molecule has 3 N–H and O–H groups in total. The topological polar surface area (TPSA) is 82.0 Å². The molecule has 5 rings (SSSR count). The molecule has 1 saturated heterocycles. The van der Waals surface area contributed by atoms with E-state index < -0.39 is 0 Å². The van der Waals surface area contributed by atoms with E-state index in [4.69, 9.17) is 4.74 Å². The lowest BCUT2D eigenvalue weighted by Crippen LogP contribution is -2.32. The van der Waals surface area contributed by atoms with Crippen LogP contribution in [0.15, 0.2) is 78.9 Å². The van der Waals surface area contributed by atoms with Crippen molar-refractivity contribution in [2.45, 2.75) is 25.7 Å². The summed E-state index contributed by atoms with van der Waals surface area (Å²) in [6.45, 7) is 2.96. The Hall–Kier alpha value is -4.03. The van der Waals surface area contributed by atoms with Gasteiger partial charge in [0.1, 0.15) is 23.0 Å². The van der Waals surface area contributed by atoms with E-state index in [9.17, 15) is 15.0 Å². The summed E-state index contributed by atoms with van der Waals surface area (Å²) < 4.78 is 6.37. The molecule has 0 radical (unpaired) electrons. The standard InChI is InChI=1S/C30H30N2O4/c33-24-9-4-21(5-10-24)27-14-6-22-20-25(34)11-15-28(22)30(27)36-26-12-7-23(8-13-26)31-29(35)16-19-32-17-2-1-3-18-32/h4-15,20,33-34H,1-3,16-19H2,(H,31,35). The number of nitrogens with one attached hydrogen (secondary N) is 1. The Kier molecular flexibility index (Phi) is 7.05. The van der Waals surface area contributed by atoms with Crippen molar-refractivity contribution in [3.63, 3.8) is 0 Å². The van der Waals surface area contributed by atoms with Crippen LogP contribution in [0.5, 0.6) is 23.0 Å². The molecule has 1 aliphatic rings. The summed E-state index contributed by atoms with van der Waals surface area (Å²) in [4.78, 5) is 14.8. The van der Waals surface area contributed by atoms with Gasteiger partial charge >= 0.3 is 0 Å². The van der Waals surface area contributed by atoms with Crippen molar-refractivity contribution in [2.75, 3.05) is 25.0 Å². The third-order valence-electron chi connectivity index (χ3n) is 6.59. The predicted octanol–water partition coefficient (Wildman–Crippen LogP) is 6.52. The van der Waals surface area contributed by atoms with Gasteiger partial charge in [-0.2, -0.15) is 0 Å². The molecule has 4 aromatic carbocycles. The lowest BCUT2D eigenvalue weighted by atomic mass is 9.99. The van der Waals surface area contributed by atoms with Crippen LogP contribution in [-0.2, 0) is 4.79 Å². The Bertz CT molecular complexity index is 1340. The number of amides is 1. The number of ether oxygens (including phenoxy) is 1. The summed E-state index contributed by atoms with van der Waals surface area (Å²) in [5.41, 5.74) is 2.49. The van der Waals surface area contributed by atoms with E-state index >= 15 is 0 Å². The van der Waals surface area contributed by atoms with Crippen molar-refractivity contribution < 1.29 is 19.7 Å². The lowest BCUT2D eigenvalue weighted by molar-refractivity contribution is -0.116. The maximum absolute atomic E-state index is 12.4. The molecule has 6 nitrogen and oxygen atoms in total. The van der Waals surface area contributed by atoms with Crippen molar-refractivity contribution in [3.8, 4) is 34.1 Å². The number of carbonyl (C=O) groups excluding carboxylic acids is 1. The van der Waals surface area contributed by atoms with E-state index in [1.54, 1.807) is 24.3 Å². The summed E-state index contributed by atoms with van der Waals surface area (Å²) in [6, 6.07) is 23.4. The molecule has 0 bridgehead atoms. The number of anilines is 1. The molecule has 0 aromatic heterocycles. The van der Waals surface area contributed by atoms with Crippen LogP contribution in [0.25, 0.3) is 21.9 Å². The van der Waals surface area contributed by atoms with Crippen LogP contribution in [0.2, 0.25) is 0 Å². The average Bonchev–Trinajstić information content (AvgIpc) is 2.90. The summed E-state index contributed by atoms with van der Waals surface area (Å²) in [6.07, 6.45) is 4.21. The monoisotopic (exact) mass is 482 g/mol. The summed E-state index contributed by atoms with van der Waals surface area (Å²) in [7, 11) is 0. The maximum Gasteiger partial charge on any atom is 0.225 e. The van der Waals surface area contributed by atoms with Gasteiger partial charge < -0.3 is 25.2 Å². The molecule has 184 valence electrons. The van der Waals surface area contributed by atoms with Gasteiger partial charge in [-0.05, 0) is 97.5 Å². The van der Waals surface area contributed by atoms with Gasteiger partial charge in [0.2, 0.25) is 5.91 Å². The van der Waals surface area contributed by atoms with Crippen molar-refractivity contribution in [3.05, 3.63) is 78.9 Å². The zero-order valence-electron chi connectivity index (χ0n) is 20.1. The maximum atomic E-state index is 12.4. The largest absolute Gasteiger partial charge is 0.508 e. The number of phenols is 2. The third-order valence-corrected chi connectivity index (χ3v) is 6.59. The number of rotatable bonds is 7. The number of aromatic hydroxyl groups is 2. The second-order valence-corrected chi connectivity index (χ2v) is 9.22. The Labute approximate surface area is 210 Å². The van der Waals surface area contributed by atoms with Gasteiger partial charge in [0.15, 0.2) is 0 Å². The third kappa shape index (κ3) is 5.61. The molecule has 4 aromatic rings. The molecule has 0 spiro atoms. The van der Waals surface area contributed by atoms with Gasteiger partial charge in [0.25, 0.3) is 0 Å². The molecule has 36 heavy (non-hydrogen) atoms. The zero-order chi connectivity index (χ0) is 24.9. The SMILES string of the molecule is O=C(CCN1CCCCC1)Nc1ccc(Oc2c(-c3ccc(O)cc3)ccc3cc(O)ccc23)cc1. The predicted molar refractivity (Wildman–Crippen MR) is 143 cm³/mol. The van der Waals surface area contributed by atoms with Crippen LogP contribution in [-0.4, -0.2) is 40.7 Å². The minimum absolute atomic E-state index is 0.0118. The molecule has 1 heterocycles. The zero-order valence-corrected chi connectivity index (χ0v) is 20.1. The number of fused-ring (bicyclic) bond motifs is 1. The fourth-order valence-corrected chi connectivity index (χ4v) is 4.66. The quantitative estimate of drug-likeness (QED) is 0.279. The van der Waals surface area contributed by atoms with Crippen LogP contribution in [0.4, 0.5) is 5.69 Å². The normalized spacial score (nSPS) is 14.0. The first-order chi connectivity index (χ1) is 17.5. The second kappa shape index (κ2) is 10.7. The number of nitrogens with zero attached hydrogens (tertiary/aromatic N) is 1. The highest BCUT2D eigenvalue weighted by molar-refractivity contribution is 5.96. The van der Waals surface area contributed by atoms with E-state index in [0.717, 1.165) is 47.2 Å². The first-order valence-corrected chi connectivity index (χ1v) is 12.4. The number of hydrogen-bond donors (Lipinski definition) is 3. The minimum Gasteiger partial charge on any atom is -0.508 e. The Morgan fingerprint density at radius 1 is 0.833 bits per heavy atom. The molecule has 0 atom stereocenters. The molecule has 0 unspecified atom stereocenters. The van der Waals surface area contributed by atoms with Gasteiger partial charge in [-0.15, -0.1) is 0 Å². The van der Waals surface area contributed by atoms with Crippen molar-refractivity contribution in [2.24, 2.45) is 0 Å². The number of hydrogen-bond acceptors (Lipinski definition) is 5. The van der Waals surface area contributed by atoms with E-state index in [2.05, 4.69) is 10.2 Å². The number of benzene rings is 4. The van der Waals surface area contributed by atoms with Gasteiger partial charge in [-0.1, -0.05) is 24.6 Å². The molecular formula is C30H30N2O4. The Morgan fingerprint density at radius 3 is 2.31 bits per heavy atom. The van der Waals surface area contributed by atoms with Crippen molar-refractivity contribution in [1.82, 2.24) is 4.90 Å². The fraction of sp³-hybridized carbons (Fsp3) is 0.233. The highest BCUT2D eigenvalue weighted by atomic mass is 16.5. The van der Waals surface area contributed by atoms with E-state index in [-0.39, 0.29) is 17.4 Å². The average molecular weight is 483 g/mol. The van der Waals surface area contributed by atoms with Crippen molar-refractivity contribution in [1.29, 1.82) is 0 Å². The van der Waals surface area contributed by atoms with Crippen LogP contribution in [0.1, 0.15) is 25.7 Å². The smallest absolute Gasteiger partial charge is 0.225 e. The van der Waals surface area contributed by atoms with Gasteiger partial charge in [0.05, 0.1) is 0 Å². The highest BCUT2D eigenvalue weighted by Gasteiger charge is 2.14. The van der Waals surface area contributed by atoms with Crippen molar-refractivity contribution >= 4 is 22.4 Å². The summed E-state index contributed by atoms with van der Waals surface area (Å²) in [5.74, 6) is 1.67. The van der Waals surface area contributed by atoms with Crippen LogP contribution >= 0.6 is 0 Å². The van der Waals surface area contributed by atoms with Crippen LogP contribution in [0, 0.1) is 0 Å². The molecule has 1 fully saturated rings. The molecule has 0 aliphatic carbocycles. The minimum atomic E-state index is 0.0118. The van der Waals surface area contributed by atoms with Gasteiger partial charge in [-0.25, -0.2) is 0 Å². The number of piperidine rings is 1. The first kappa shape index (κ1) is 23.7. The Balaban J connectivity index is 1.34. The number of carbonyl (C=O) groups is 1. The molecule has 6 heteroatoms. The molecule has 1 aliphatic heterocycles. The highest BCUT2D eigenvalue weighted by Crippen LogP contribution is 2.41. The van der Waals surface area contributed by atoms with E-state index in [1.807, 2.05) is 54.6 Å². The van der Waals surface area contributed by atoms with Gasteiger partial charge in [0, 0.05) is 29.6 Å². The van der Waals surface area contributed by atoms with E-state index in [1.165, 1.54) is 19.3 Å². The van der Waals surface area contributed by atoms with Crippen LogP contribution in [0.3, 0.4) is 0 Å². The molecule has 0 saturated carbocycles. The second-order valence-electron chi connectivity index (χ2n) is 9.22. The number of likely N-dealkylation sites (tertiary alicyclic amines) is 1.